The molecular weight excluding hydrogens is 1020 g/mol. The van der Waals surface area contributed by atoms with Crippen LogP contribution in [0.5, 0.6) is 0 Å². The summed E-state index contributed by atoms with van der Waals surface area (Å²) in [5, 5.41) is 0. The van der Waals surface area contributed by atoms with Gasteiger partial charge in [0.05, 0.1) is 0 Å². The van der Waals surface area contributed by atoms with Crippen molar-refractivity contribution in [3.8, 4) is 33.4 Å². The van der Waals surface area contributed by atoms with E-state index in [0.29, 0.717) is 0 Å². The van der Waals surface area contributed by atoms with Gasteiger partial charge < -0.3 is 24.8 Å². The van der Waals surface area contributed by atoms with Crippen LogP contribution in [0.4, 0.5) is 0 Å². The van der Waals surface area contributed by atoms with E-state index in [-0.39, 0.29) is 35.6 Å². The molecule has 284 valence electrons. The predicted molar refractivity (Wildman–Crippen MR) is 235 cm³/mol. The summed E-state index contributed by atoms with van der Waals surface area (Å²) in [6.07, 6.45) is 0.944. The molecule has 1 aliphatic rings. The Balaban J connectivity index is 0.000000252. The summed E-state index contributed by atoms with van der Waals surface area (Å²) in [5.41, 5.74) is 16.1. The maximum atomic E-state index is 3.88. The Morgan fingerprint density at radius 2 is 1.02 bits per heavy atom. The Labute approximate surface area is 378 Å². The molecule has 7 aromatic carbocycles. The zero-order valence-electron chi connectivity index (χ0n) is 32.7. The zero-order valence-corrected chi connectivity index (χ0v) is 41.0. The monoisotopic (exact) mass is 1070 g/mol. The summed E-state index contributed by atoms with van der Waals surface area (Å²) >= 11 is 7.96. The summed E-state index contributed by atoms with van der Waals surface area (Å²) in [7, 11) is 0. The molecule has 0 heterocycles. The van der Waals surface area contributed by atoms with E-state index in [1.165, 1.54) is 70.0 Å². The van der Waals surface area contributed by atoms with Gasteiger partial charge in [-0.05, 0) is 39.5 Å². The fourth-order valence-corrected chi connectivity index (χ4v) is 8.55. The van der Waals surface area contributed by atoms with E-state index in [0.717, 1.165) is 39.3 Å². The van der Waals surface area contributed by atoms with Crippen molar-refractivity contribution in [2.45, 2.75) is 58.8 Å². The second kappa shape index (κ2) is 20.1. The molecule has 0 bridgehead atoms. The second-order valence-corrected chi connectivity index (χ2v) is 19.4. The molecule has 5 heteroatoms. The fraction of sp³-hybridized carbons (Fsp3) is 0.176. The zero-order chi connectivity index (χ0) is 38.5. The molecule has 0 saturated heterocycles. The average molecular weight is 1070 g/mol. The summed E-state index contributed by atoms with van der Waals surface area (Å²) in [5.74, 6) is 0. The normalized spacial score (nSPS) is 11.3. The van der Waals surface area contributed by atoms with Crippen LogP contribution < -0.4 is 24.8 Å². The van der Waals surface area contributed by atoms with E-state index in [2.05, 4.69) is 207 Å². The fourth-order valence-electron chi connectivity index (χ4n) is 6.82. The molecule has 0 saturated carbocycles. The van der Waals surface area contributed by atoms with Gasteiger partial charge in [-0.1, -0.05) is 131 Å². The van der Waals surface area contributed by atoms with Crippen molar-refractivity contribution in [1.82, 2.24) is 0 Å². The first-order valence-electron chi connectivity index (χ1n) is 18.4. The minimum atomic E-state index is 0. The van der Waals surface area contributed by atoms with Gasteiger partial charge in [0.15, 0.2) is 0 Å². The Bertz CT molecular complexity index is 2150. The first-order chi connectivity index (χ1) is 25.8. The molecule has 0 spiro atoms. The van der Waals surface area contributed by atoms with Crippen molar-refractivity contribution in [3.05, 3.63) is 206 Å². The minimum Gasteiger partial charge on any atom is -1.00 e. The number of rotatable bonds is 4. The maximum Gasteiger partial charge on any atom is -0.0126 e. The predicted octanol–water partition coefficient (Wildman–Crippen LogP) is 8.73. The summed E-state index contributed by atoms with van der Waals surface area (Å²) in [4.78, 5) is 0. The molecule has 8 rings (SSSR count). The molecule has 0 radical (unpaired) electrons. The van der Waals surface area contributed by atoms with Crippen molar-refractivity contribution in [2.75, 3.05) is 0 Å². The summed E-state index contributed by atoms with van der Waals surface area (Å²) in [6, 6.07) is 59.8. The van der Waals surface area contributed by atoms with E-state index in [1.807, 2.05) is 30.3 Å². The summed E-state index contributed by atoms with van der Waals surface area (Å²) < 4.78 is 3.68. The number of fused-ring (bicyclic) bond motifs is 3. The van der Waals surface area contributed by atoms with Crippen molar-refractivity contribution in [1.29, 1.82) is 0 Å². The Morgan fingerprint density at radius 1 is 0.554 bits per heavy atom. The van der Waals surface area contributed by atoms with E-state index < -0.39 is 0 Å². The Kier molecular flexibility index (Phi) is 16.4. The van der Waals surface area contributed by atoms with Crippen molar-refractivity contribution < 1.29 is 48.7 Å². The van der Waals surface area contributed by atoms with Gasteiger partial charge in [-0.25, -0.2) is 12.1 Å². The van der Waals surface area contributed by atoms with E-state index >= 15 is 0 Å². The third-order valence-corrected chi connectivity index (χ3v) is 12.8. The molecule has 0 aromatic heterocycles. The molecule has 0 nitrogen and oxygen atoms in total. The summed E-state index contributed by atoms with van der Waals surface area (Å²) in [6.45, 7) is 13.9. The van der Waals surface area contributed by atoms with Crippen molar-refractivity contribution in [3.63, 3.8) is 0 Å². The molecule has 0 aliphatic heterocycles. The number of hydrogen-bond donors (Lipinski definition) is 0. The molecule has 7 aromatic rings. The minimum absolute atomic E-state index is 0. The number of benzene rings is 6. The van der Waals surface area contributed by atoms with Crippen LogP contribution in [0, 0.1) is 6.07 Å². The van der Waals surface area contributed by atoms with Crippen molar-refractivity contribution in [2.24, 2.45) is 0 Å². The van der Waals surface area contributed by atoms with Crippen LogP contribution in [0.1, 0.15) is 74.9 Å². The van der Waals surface area contributed by atoms with Crippen LogP contribution in [0.25, 0.3) is 33.4 Å². The first kappa shape index (κ1) is 45.6. The molecule has 0 fully saturated rings. The average Bonchev–Trinajstić information content (AvgIpc) is 3.86. The van der Waals surface area contributed by atoms with Crippen LogP contribution in [-0.2, 0) is 41.1 Å². The van der Waals surface area contributed by atoms with Crippen LogP contribution >= 0.6 is 31.9 Å². The molecule has 1 aliphatic carbocycles. The quantitative estimate of drug-likeness (QED) is 0.122. The van der Waals surface area contributed by atoms with Gasteiger partial charge >= 0.3 is 128 Å². The van der Waals surface area contributed by atoms with Crippen LogP contribution in [0.2, 0.25) is 0 Å². The van der Waals surface area contributed by atoms with E-state index in [1.54, 1.807) is 0 Å². The van der Waals surface area contributed by atoms with Gasteiger partial charge in [0.25, 0.3) is 0 Å². The molecular formula is C51H46Br2Cl2Hf-2. The van der Waals surface area contributed by atoms with E-state index in [9.17, 15) is 0 Å². The van der Waals surface area contributed by atoms with Gasteiger partial charge in [0.1, 0.15) is 0 Å². The number of halogens is 4. The smallest absolute Gasteiger partial charge is 0.0126 e. The Morgan fingerprint density at radius 3 is 1.46 bits per heavy atom. The standard InChI is InChI=1S/C33H33.C13H8Br2.C5H5.2ClH.Hf/c1-32(2,3)30-20-26-24(18-28(30)22-13-9-7-10-14-22)17-25-19-29(23-15-11-8-12-16-23)31(21-27(25)26)33(4,5)6;14-12-5-1-10(2-6-12)9-11-3-7-13(15)8-4-11;1-2-4-5-3-1;;;/h7-16,18,20-21H,17H2,1-6H3;1-8H;1-5H;2*1H;/q-1;;-1;;;+2/p-2. The van der Waals surface area contributed by atoms with Gasteiger partial charge in [-0.15, -0.1) is 28.8 Å². The Hall–Kier alpha value is -3.05. The van der Waals surface area contributed by atoms with Crippen LogP contribution in [-0.4, -0.2) is 3.26 Å². The number of hydrogen-bond acceptors (Lipinski definition) is 0. The molecule has 0 N–H and O–H groups in total. The van der Waals surface area contributed by atoms with E-state index in [4.69, 9.17) is 0 Å². The molecule has 0 unspecified atom stereocenters. The molecule has 0 atom stereocenters. The van der Waals surface area contributed by atoms with Gasteiger partial charge in [0, 0.05) is 0 Å². The maximum absolute atomic E-state index is 3.88. The second-order valence-electron chi connectivity index (χ2n) is 15.8. The van der Waals surface area contributed by atoms with Crippen LogP contribution in [0.15, 0.2) is 167 Å². The largest absolute Gasteiger partial charge is 1.00 e. The third kappa shape index (κ3) is 11.3. The first-order valence-corrected chi connectivity index (χ1v) is 21.8. The third-order valence-electron chi connectivity index (χ3n) is 9.64. The molecule has 0 amide bonds. The van der Waals surface area contributed by atoms with Crippen molar-refractivity contribution >= 4 is 35.1 Å². The van der Waals surface area contributed by atoms with Gasteiger partial charge in [-0.2, -0.15) is 18.2 Å². The SMILES string of the molecule is Brc1ccc([C](=[Hf+2])c2ccc(Br)cc2)cc1.CC(C)(C)c1cc2c([c-]c1-c1ccccc1)Cc1cc(-c3ccccc3)c(C(C)(C)C)cc1-2.[Cl-].[Cl-].c1cc[cH-]c1. The van der Waals surface area contributed by atoms with Gasteiger partial charge in [-0.3, -0.25) is 0 Å². The van der Waals surface area contributed by atoms with Gasteiger partial charge in [0.2, 0.25) is 0 Å². The topological polar surface area (TPSA) is 0 Å². The van der Waals surface area contributed by atoms with Crippen LogP contribution in [0.3, 0.4) is 0 Å². The molecule has 56 heavy (non-hydrogen) atoms.